The van der Waals surface area contributed by atoms with Crippen molar-refractivity contribution in [2.45, 2.75) is 19.4 Å². The summed E-state index contributed by atoms with van der Waals surface area (Å²) in [5, 5.41) is 12.2. The maximum atomic E-state index is 14.4. The van der Waals surface area contributed by atoms with Gasteiger partial charge in [0.25, 0.3) is 5.91 Å². The predicted molar refractivity (Wildman–Crippen MR) is 75.7 cm³/mol. The molecular formula is C14H20FN3O3. The Labute approximate surface area is 122 Å². The molecule has 1 aliphatic rings. The molecule has 7 heteroatoms. The van der Waals surface area contributed by atoms with Gasteiger partial charge in [0, 0.05) is 19.3 Å². The summed E-state index contributed by atoms with van der Waals surface area (Å²) in [6, 6.07) is 0.921. The Morgan fingerprint density at radius 1 is 1.67 bits per heavy atom. The van der Waals surface area contributed by atoms with Gasteiger partial charge in [-0.1, -0.05) is 6.92 Å². The second-order valence-electron chi connectivity index (χ2n) is 4.86. The standard InChI is InChI=1S/C14H20FN3O3/c1-2-4-16-13-12(15)11(3-5-17-13)14(20)18-6-7-21-9-10(18)8-19/h3,5,10,19H,2,4,6-9H2,1H3,(H,16,17). The lowest BCUT2D eigenvalue weighted by molar-refractivity contribution is -0.0185. The molecule has 1 aliphatic heterocycles. The summed E-state index contributed by atoms with van der Waals surface area (Å²) in [5.74, 6) is -1.02. The van der Waals surface area contributed by atoms with Crippen molar-refractivity contribution in [3.63, 3.8) is 0 Å². The monoisotopic (exact) mass is 297 g/mol. The molecule has 0 radical (unpaired) electrons. The third kappa shape index (κ3) is 3.48. The molecule has 21 heavy (non-hydrogen) atoms. The van der Waals surface area contributed by atoms with E-state index in [1.807, 2.05) is 6.92 Å². The molecule has 0 bridgehead atoms. The molecule has 2 N–H and O–H groups in total. The number of anilines is 1. The Hall–Kier alpha value is -1.73. The maximum absolute atomic E-state index is 14.4. The van der Waals surface area contributed by atoms with Gasteiger partial charge in [0.15, 0.2) is 11.6 Å². The number of hydrogen-bond acceptors (Lipinski definition) is 5. The number of nitrogens with one attached hydrogen (secondary N) is 1. The maximum Gasteiger partial charge on any atom is 0.257 e. The second-order valence-corrected chi connectivity index (χ2v) is 4.86. The molecule has 2 heterocycles. The highest BCUT2D eigenvalue weighted by Gasteiger charge is 2.29. The fourth-order valence-electron chi connectivity index (χ4n) is 2.20. The molecule has 1 saturated heterocycles. The Kier molecular flexibility index (Phi) is 5.46. The van der Waals surface area contributed by atoms with Crippen molar-refractivity contribution in [1.82, 2.24) is 9.88 Å². The van der Waals surface area contributed by atoms with E-state index >= 15 is 0 Å². The molecule has 0 spiro atoms. The minimum Gasteiger partial charge on any atom is -0.394 e. The smallest absolute Gasteiger partial charge is 0.257 e. The molecule has 1 unspecified atom stereocenters. The number of aliphatic hydroxyl groups excluding tert-OH is 1. The van der Waals surface area contributed by atoms with Crippen molar-refractivity contribution in [2.24, 2.45) is 0 Å². The largest absolute Gasteiger partial charge is 0.394 e. The van der Waals surface area contributed by atoms with Crippen LogP contribution in [0.15, 0.2) is 12.3 Å². The van der Waals surface area contributed by atoms with Crippen LogP contribution in [0.4, 0.5) is 10.2 Å². The molecule has 6 nitrogen and oxygen atoms in total. The summed E-state index contributed by atoms with van der Waals surface area (Å²) in [6.07, 6.45) is 2.23. The summed E-state index contributed by atoms with van der Waals surface area (Å²) in [6.45, 7) is 3.31. The summed E-state index contributed by atoms with van der Waals surface area (Å²) in [4.78, 5) is 17.8. The number of morpholine rings is 1. The van der Waals surface area contributed by atoms with E-state index in [-0.39, 0.29) is 24.6 Å². The van der Waals surface area contributed by atoms with Crippen LogP contribution in [0, 0.1) is 5.82 Å². The van der Waals surface area contributed by atoms with Crippen molar-refractivity contribution < 1.29 is 19.0 Å². The van der Waals surface area contributed by atoms with Crippen LogP contribution in [0.25, 0.3) is 0 Å². The van der Waals surface area contributed by atoms with E-state index in [0.717, 1.165) is 6.42 Å². The number of carbonyl (C=O) groups is 1. The van der Waals surface area contributed by atoms with Crippen LogP contribution in [-0.4, -0.2) is 59.8 Å². The number of halogens is 1. The first-order chi connectivity index (χ1) is 10.2. The molecule has 1 aromatic heterocycles. The van der Waals surface area contributed by atoms with Crippen LogP contribution in [0.3, 0.4) is 0 Å². The zero-order chi connectivity index (χ0) is 15.2. The molecule has 1 amide bonds. The number of rotatable bonds is 5. The highest BCUT2D eigenvalue weighted by molar-refractivity contribution is 5.95. The summed E-state index contributed by atoms with van der Waals surface area (Å²) >= 11 is 0. The lowest BCUT2D eigenvalue weighted by Gasteiger charge is -2.34. The zero-order valence-electron chi connectivity index (χ0n) is 12.0. The van der Waals surface area contributed by atoms with Crippen molar-refractivity contribution >= 4 is 11.7 Å². The SMILES string of the molecule is CCCNc1nccc(C(=O)N2CCOCC2CO)c1F. The minimum absolute atomic E-state index is 0.0380. The van der Waals surface area contributed by atoms with E-state index in [1.165, 1.54) is 17.2 Å². The first-order valence-electron chi connectivity index (χ1n) is 7.07. The van der Waals surface area contributed by atoms with Crippen molar-refractivity contribution in [1.29, 1.82) is 0 Å². The second kappa shape index (κ2) is 7.33. The lowest BCUT2D eigenvalue weighted by Crippen LogP contribution is -2.50. The number of ether oxygens (including phenoxy) is 1. The van der Waals surface area contributed by atoms with Gasteiger partial charge in [0.05, 0.1) is 31.4 Å². The number of aromatic nitrogens is 1. The molecule has 2 rings (SSSR count). The van der Waals surface area contributed by atoms with Crippen LogP contribution in [-0.2, 0) is 4.74 Å². The average molecular weight is 297 g/mol. The summed E-state index contributed by atoms with van der Waals surface area (Å²) in [5.41, 5.74) is -0.0380. The Morgan fingerprint density at radius 2 is 2.48 bits per heavy atom. The summed E-state index contributed by atoms with van der Waals surface area (Å²) in [7, 11) is 0. The van der Waals surface area contributed by atoms with Crippen LogP contribution < -0.4 is 5.32 Å². The van der Waals surface area contributed by atoms with E-state index < -0.39 is 17.8 Å². The fourth-order valence-corrected chi connectivity index (χ4v) is 2.20. The van der Waals surface area contributed by atoms with Gasteiger partial charge < -0.3 is 20.1 Å². The Bertz CT molecular complexity index is 498. The number of amides is 1. The topological polar surface area (TPSA) is 74.7 Å². The highest BCUT2D eigenvalue weighted by Crippen LogP contribution is 2.19. The average Bonchev–Trinajstić information content (AvgIpc) is 2.53. The van der Waals surface area contributed by atoms with Crippen molar-refractivity contribution in [3.8, 4) is 0 Å². The molecule has 1 aromatic rings. The summed E-state index contributed by atoms with van der Waals surface area (Å²) < 4.78 is 19.6. The van der Waals surface area contributed by atoms with Crippen LogP contribution >= 0.6 is 0 Å². The number of carbonyl (C=O) groups excluding carboxylic acids is 1. The van der Waals surface area contributed by atoms with E-state index in [9.17, 15) is 14.3 Å². The Morgan fingerprint density at radius 3 is 3.19 bits per heavy atom. The van der Waals surface area contributed by atoms with Gasteiger partial charge in [0.1, 0.15) is 0 Å². The van der Waals surface area contributed by atoms with E-state index in [1.54, 1.807) is 0 Å². The minimum atomic E-state index is -0.654. The van der Waals surface area contributed by atoms with Crippen LogP contribution in [0.5, 0.6) is 0 Å². The van der Waals surface area contributed by atoms with E-state index in [0.29, 0.717) is 19.7 Å². The van der Waals surface area contributed by atoms with Gasteiger partial charge >= 0.3 is 0 Å². The number of aliphatic hydroxyl groups is 1. The van der Waals surface area contributed by atoms with Crippen molar-refractivity contribution in [3.05, 3.63) is 23.6 Å². The van der Waals surface area contributed by atoms with Crippen LogP contribution in [0.2, 0.25) is 0 Å². The normalized spacial score (nSPS) is 18.6. The molecule has 116 valence electrons. The molecule has 1 atom stereocenters. The van der Waals surface area contributed by atoms with Gasteiger partial charge in [-0.15, -0.1) is 0 Å². The number of pyridine rings is 1. The molecule has 0 saturated carbocycles. The third-order valence-corrected chi connectivity index (χ3v) is 3.36. The number of nitrogens with zero attached hydrogens (tertiary/aromatic N) is 2. The van der Waals surface area contributed by atoms with Crippen LogP contribution in [0.1, 0.15) is 23.7 Å². The predicted octanol–water partition coefficient (Wildman–Crippen LogP) is 0.876. The fraction of sp³-hybridized carbons (Fsp3) is 0.571. The molecule has 0 aromatic carbocycles. The first kappa shape index (κ1) is 15.7. The van der Waals surface area contributed by atoms with E-state index in [2.05, 4.69) is 10.3 Å². The lowest BCUT2D eigenvalue weighted by atomic mass is 10.1. The third-order valence-electron chi connectivity index (χ3n) is 3.36. The van der Waals surface area contributed by atoms with Gasteiger partial charge in [-0.3, -0.25) is 4.79 Å². The van der Waals surface area contributed by atoms with Gasteiger partial charge in [-0.25, -0.2) is 9.37 Å². The zero-order valence-corrected chi connectivity index (χ0v) is 12.0. The van der Waals surface area contributed by atoms with Gasteiger partial charge in [0.2, 0.25) is 0 Å². The van der Waals surface area contributed by atoms with Gasteiger partial charge in [-0.2, -0.15) is 0 Å². The van der Waals surface area contributed by atoms with Crippen molar-refractivity contribution in [2.75, 3.05) is 38.2 Å². The number of hydrogen-bond donors (Lipinski definition) is 2. The first-order valence-corrected chi connectivity index (χ1v) is 7.07. The quantitative estimate of drug-likeness (QED) is 0.844. The van der Waals surface area contributed by atoms with Gasteiger partial charge in [-0.05, 0) is 12.5 Å². The van der Waals surface area contributed by atoms with E-state index in [4.69, 9.17) is 4.74 Å². The highest BCUT2D eigenvalue weighted by atomic mass is 19.1. The Balaban J connectivity index is 2.22. The molecular weight excluding hydrogens is 277 g/mol. The molecule has 0 aliphatic carbocycles. The molecule has 1 fully saturated rings.